The van der Waals surface area contributed by atoms with E-state index in [-0.39, 0.29) is 22.8 Å². The maximum absolute atomic E-state index is 11.8. The van der Waals surface area contributed by atoms with Crippen molar-refractivity contribution in [1.82, 2.24) is 0 Å². The number of hydrogen-bond acceptors (Lipinski definition) is 3. The van der Waals surface area contributed by atoms with Crippen LogP contribution in [0.2, 0.25) is 0 Å². The molecule has 0 saturated carbocycles. The Morgan fingerprint density at radius 2 is 2.11 bits per heavy atom. The number of rotatable bonds is 3. The molecule has 0 radical (unpaired) electrons. The number of hydrogen-bond donors (Lipinski definition) is 2. The van der Waals surface area contributed by atoms with Crippen LogP contribution in [0.4, 0.5) is 0 Å². The summed E-state index contributed by atoms with van der Waals surface area (Å²) in [6.45, 7) is 0. The first kappa shape index (κ1) is 12.2. The van der Waals surface area contributed by atoms with E-state index >= 15 is 0 Å². The van der Waals surface area contributed by atoms with Crippen molar-refractivity contribution < 1.29 is 15.0 Å². The van der Waals surface area contributed by atoms with Gasteiger partial charge in [0.1, 0.15) is 11.5 Å². The number of benzene rings is 1. The lowest BCUT2D eigenvalue weighted by Crippen LogP contribution is -1.95. The van der Waals surface area contributed by atoms with Crippen LogP contribution in [0.25, 0.3) is 0 Å². The molecule has 1 aliphatic carbocycles. The molecule has 3 heteroatoms. The Balaban J connectivity index is 2.14. The molecule has 0 fully saturated rings. The van der Waals surface area contributed by atoms with Gasteiger partial charge in [-0.2, -0.15) is 0 Å². The van der Waals surface area contributed by atoms with Gasteiger partial charge in [-0.1, -0.05) is 24.3 Å². The molecular weight excluding hydrogens is 228 g/mol. The lowest BCUT2D eigenvalue weighted by atomic mass is 10.0. The summed E-state index contributed by atoms with van der Waals surface area (Å²) < 4.78 is 0. The van der Waals surface area contributed by atoms with Gasteiger partial charge in [-0.25, -0.2) is 0 Å². The zero-order valence-corrected chi connectivity index (χ0v) is 9.84. The number of carbonyl (C=O) groups is 1. The third kappa shape index (κ3) is 2.88. The lowest BCUT2D eigenvalue weighted by Gasteiger charge is -2.03. The average molecular weight is 242 g/mol. The van der Waals surface area contributed by atoms with Crippen molar-refractivity contribution in [2.45, 2.75) is 12.8 Å². The van der Waals surface area contributed by atoms with Crippen molar-refractivity contribution in [1.29, 1.82) is 0 Å². The van der Waals surface area contributed by atoms with Crippen molar-refractivity contribution in [3.05, 3.63) is 59.7 Å². The largest absolute Gasteiger partial charge is 0.508 e. The van der Waals surface area contributed by atoms with E-state index in [9.17, 15) is 9.90 Å². The zero-order valence-electron chi connectivity index (χ0n) is 9.84. The first-order valence-electron chi connectivity index (χ1n) is 5.77. The number of ketones is 1. The Labute approximate surface area is 105 Å². The molecule has 92 valence electrons. The van der Waals surface area contributed by atoms with Crippen molar-refractivity contribution in [2.75, 3.05) is 0 Å². The van der Waals surface area contributed by atoms with Crippen LogP contribution in [0.5, 0.6) is 11.5 Å². The SMILES string of the molecule is O=C(/C=C/C1=CC=CCC1)c1ccc(O)cc1O. The minimum atomic E-state index is -0.275. The van der Waals surface area contributed by atoms with E-state index in [1.54, 1.807) is 6.08 Å². The Hall–Kier alpha value is -2.29. The number of aromatic hydroxyl groups is 2. The van der Waals surface area contributed by atoms with Crippen LogP contribution in [0.1, 0.15) is 23.2 Å². The summed E-state index contributed by atoms with van der Waals surface area (Å²) in [5.74, 6) is -0.543. The average Bonchev–Trinajstić information content (AvgIpc) is 2.37. The summed E-state index contributed by atoms with van der Waals surface area (Å²) in [6, 6.07) is 3.94. The molecule has 2 rings (SSSR count). The number of phenols is 2. The maximum atomic E-state index is 11.8. The normalized spacial score (nSPS) is 14.8. The lowest BCUT2D eigenvalue weighted by molar-refractivity contribution is 0.104. The molecule has 0 bridgehead atoms. The molecule has 0 aliphatic heterocycles. The molecule has 2 N–H and O–H groups in total. The molecule has 0 aromatic heterocycles. The minimum Gasteiger partial charge on any atom is -0.508 e. The molecule has 0 atom stereocenters. The van der Waals surface area contributed by atoms with Gasteiger partial charge in [-0.3, -0.25) is 4.79 Å². The van der Waals surface area contributed by atoms with Crippen LogP contribution in [0, 0.1) is 0 Å². The molecule has 18 heavy (non-hydrogen) atoms. The number of phenolic OH excluding ortho intramolecular Hbond substituents is 2. The van der Waals surface area contributed by atoms with Crippen LogP contribution >= 0.6 is 0 Å². The smallest absolute Gasteiger partial charge is 0.189 e. The van der Waals surface area contributed by atoms with Crippen molar-refractivity contribution in [3.63, 3.8) is 0 Å². The molecule has 1 aliphatic rings. The monoisotopic (exact) mass is 242 g/mol. The fourth-order valence-electron chi connectivity index (χ4n) is 1.76. The van der Waals surface area contributed by atoms with E-state index in [1.807, 2.05) is 12.2 Å². The summed E-state index contributed by atoms with van der Waals surface area (Å²) in [5.41, 5.74) is 1.28. The van der Waals surface area contributed by atoms with Crippen LogP contribution < -0.4 is 0 Å². The standard InChI is InChI=1S/C15H14O3/c16-12-7-8-13(15(18)10-12)14(17)9-6-11-4-2-1-3-5-11/h1-2,4,6-10,16,18H,3,5H2/b9-6+. The van der Waals surface area contributed by atoms with E-state index in [0.29, 0.717) is 0 Å². The van der Waals surface area contributed by atoms with Crippen molar-refractivity contribution >= 4 is 5.78 Å². The number of allylic oxidation sites excluding steroid dienone is 6. The van der Waals surface area contributed by atoms with Gasteiger partial charge in [0.05, 0.1) is 5.56 Å². The molecule has 1 aromatic rings. The van der Waals surface area contributed by atoms with Gasteiger partial charge in [0.25, 0.3) is 0 Å². The first-order valence-corrected chi connectivity index (χ1v) is 5.77. The maximum Gasteiger partial charge on any atom is 0.189 e. The van der Waals surface area contributed by atoms with Crippen LogP contribution in [0.3, 0.4) is 0 Å². The topological polar surface area (TPSA) is 57.5 Å². The molecule has 0 saturated heterocycles. The van der Waals surface area contributed by atoms with Crippen LogP contribution in [-0.4, -0.2) is 16.0 Å². The quantitative estimate of drug-likeness (QED) is 0.632. The second-order valence-electron chi connectivity index (χ2n) is 4.11. The molecule has 0 unspecified atom stereocenters. The molecule has 0 amide bonds. The van der Waals surface area contributed by atoms with Gasteiger partial charge in [0.15, 0.2) is 5.78 Å². The summed E-state index contributed by atoms with van der Waals surface area (Å²) in [5, 5.41) is 18.7. The minimum absolute atomic E-state index is 0.0619. The highest BCUT2D eigenvalue weighted by Crippen LogP contribution is 2.23. The molecular formula is C15H14O3. The van der Waals surface area contributed by atoms with Gasteiger partial charge < -0.3 is 10.2 Å². The van der Waals surface area contributed by atoms with E-state index in [1.165, 1.54) is 18.2 Å². The summed E-state index contributed by atoms with van der Waals surface area (Å²) in [4.78, 5) is 11.8. The highest BCUT2D eigenvalue weighted by molar-refractivity contribution is 6.06. The Kier molecular flexibility index (Phi) is 3.63. The Morgan fingerprint density at radius 3 is 2.78 bits per heavy atom. The second-order valence-corrected chi connectivity index (χ2v) is 4.11. The highest BCUT2D eigenvalue weighted by atomic mass is 16.3. The molecule has 1 aromatic carbocycles. The fourth-order valence-corrected chi connectivity index (χ4v) is 1.76. The number of carbonyl (C=O) groups excluding carboxylic acids is 1. The third-order valence-electron chi connectivity index (χ3n) is 2.74. The second kappa shape index (κ2) is 5.36. The van der Waals surface area contributed by atoms with Crippen LogP contribution in [0.15, 0.2) is 54.2 Å². The fraction of sp³-hybridized carbons (Fsp3) is 0.133. The van der Waals surface area contributed by atoms with Crippen LogP contribution in [-0.2, 0) is 0 Å². The Morgan fingerprint density at radius 1 is 1.28 bits per heavy atom. The third-order valence-corrected chi connectivity index (χ3v) is 2.74. The van der Waals surface area contributed by atoms with Gasteiger partial charge in [0.2, 0.25) is 0 Å². The van der Waals surface area contributed by atoms with Gasteiger partial charge in [-0.15, -0.1) is 0 Å². The van der Waals surface area contributed by atoms with Crippen molar-refractivity contribution in [2.24, 2.45) is 0 Å². The molecule has 0 heterocycles. The predicted molar refractivity (Wildman–Crippen MR) is 69.7 cm³/mol. The zero-order chi connectivity index (χ0) is 13.0. The summed E-state index contributed by atoms with van der Waals surface area (Å²) >= 11 is 0. The van der Waals surface area contributed by atoms with Gasteiger partial charge in [-0.05, 0) is 36.6 Å². The summed E-state index contributed by atoms with van der Waals surface area (Å²) in [7, 11) is 0. The van der Waals surface area contributed by atoms with Gasteiger partial charge in [0, 0.05) is 6.07 Å². The Bertz CT molecular complexity index is 551. The predicted octanol–water partition coefficient (Wildman–Crippen LogP) is 3.11. The van der Waals surface area contributed by atoms with E-state index < -0.39 is 0 Å². The van der Waals surface area contributed by atoms with E-state index in [0.717, 1.165) is 24.5 Å². The van der Waals surface area contributed by atoms with E-state index in [4.69, 9.17) is 5.11 Å². The van der Waals surface area contributed by atoms with Gasteiger partial charge >= 0.3 is 0 Å². The molecule has 0 spiro atoms. The van der Waals surface area contributed by atoms with Crippen molar-refractivity contribution in [3.8, 4) is 11.5 Å². The van der Waals surface area contributed by atoms with E-state index in [2.05, 4.69) is 6.08 Å². The molecule has 3 nitrogen and oxygen atoms in total. The first-order chi connectivity index (χ1) is 8.66. The summed E-state index contributed by atoms with van der Waals surface area (Å²) in [6.07, 6.45) is 11.1. The highest BCUT2D eigenvalue weighted by Gasteiger charge is 2.08.